The Morgan fingerprint density at radius 1 is 1.02 bits per heavy atom. The van der Waals surface area contributed by atoms with Crippen molar-refractivity contribution < 1.29 is 33.0 Å². The van der Waals surface area contributed by atoms with Gasteiger partial charge in [0, 0.05) is 23.2 Å². The van der Waals surface area contributed by atoms with Crippen LogP contribution in [0.3, 0.4) is 0 Å². The molecule has 0 radical (unpaired) electrons. The number of benzene rings is 3. The van der Waals surface area contributed by atoms with Crippen molar-refractivity contribution in [1.82, 2.24) is 20.6 Å². The van der Waals surface area contributed by atoms with Crippen molar-refractivity contribution >= 4 is 17.5 Å². The lowest BCUT2D eigenvalue weighted by Crippen LogP contribution is -2.52. The van der Waals surface area contributed by atoms with Crippen LogP contribution in [0.25, 0.3) is 22.9 Å². The topological polar surface area (TPSA) is 161 Å². The molecule has 0 saturated carbocycles. The van der Waals surface area contributed by atoms with Gasteiger partial charge >= 0.3 is 0 Å². The summed E-state index contributed by atoms with van der Waals surface area (Å²) < 4.78 is 25.3. The number of carbonyl (C=O) groups is 2. The lowest BCUT2D eigenvalue weighted by Gasteiger charge is -2.29. The lowest BCUT2D eigenvalue weighted by atomic mass is 9.72. The summed E-state index contributed by atoms with van der Waals surface area (Å²) in [4.78, 5) is 37.0. The van der Waals surface area contributed by atoms with Gasteiger partial charge in [-0.1, -0.05) is 58.0 Å². The number of aliphatic hydroxyl groups excluding tert-OH is 1. The van der Waals surface area contributed by atoms with Crippen molar-refractivity contribution in [3.05, 3.63) is 101 Å². The van der Waals surface area contributed by atoms with Crippen LogP contribution in [0, 0.1) is 11.8 Å². The molecule has 5 aromatic rings. The summed E-state index contributed by atoms with van der Waals surface area (Å²) in [7, 11) is 1.61. The highest BCUT2D eigenvalue weighted by molar-refractivity contribution is 5.90. The molecular weight excluding hydrogens is 650 g/mol. The number of nitrogens with one attached hydrogen (secondary N) is 3. The third-order valence-corrected chi connectivity index (χ3v) is 10.0. The summed E-state index contributed by atoms with van der Waals surface area (Å²) >= 11 is 0. The van der Waals surface area contributed by atoms with E-state index < -0.39 is 41.6 Å². The van der Waals surface area contributed by atoms with Crippen molar-refractivity contribution in [2.24, 2.45) is 11.8 Å². The Morgan fingerprint density at radius 3 is 2.55 bits per heavy atom. The maximum absolute atomic E-state index is 14.1. The third-order valence-electron chi connectivity index (χ3n) is 10.0. The summed E-state index contributed by atoms with van der Waals surface area (Å²) in [5.74, 6) is 1.27. The van der Waals surface area contributed by atoms with Crippen LogP contribution in [0.15, 0.2) is 81.8 Å². The van der Waals surface area contributed by atoms with Gasteiger partial charge in [-0.05, 0) is 59.4 Å². The van der Waals surface area contributed by atoms with Gasteiger partial charge in [0.15, 0.2) is 23.4 Å². The zero-order valence-corrected chi connectivity index (χ0v) is 28.9. The minimum atomic E-state index is -1.28. The quantitative estimate of drug-likeness (QED) is 0.175. The second kappa shape index (κ2) is 12.3. The van der Waals surface area contributed by atoms with E-state index in [1.165, 1.54) is 0 Å². The summed E-state index contributed by atoms with van der Waals surface area (Å²) in [6.45, 7) is 7.40. The van der Waals surface area contributed by atoms with Gasteiger partial charge in [0.2, 0.25) is 23.6 Å². The Labute approximate surface area is 294 Å². The van der Waals surface area contributed by atoms with E-state index in [0.29, 0.717) is 23.0 Å². The molecule has 4 bridgehead atoms. The highest BCUT2D eigenvalue weighted by atomic mass is 16.5. The van der Waals surface area contributed by atoms with Crippen LogP contribution in [0.4, 0.5) is 5.69 Å². The van der Waals surface area contributed by atoms with E-state index >= 15 is 0 Å². The van der Waals surface area contributed by atoms with E-state index in [-0.39, 0.29) is 30.0 Å². The summed E-state index contributed by atoms with van der Waals surface area (Å²) in [6.07, 6.45) is -0.0703. The van der Waals surface area contributed by atoms with Gasteiger partial charge in [-0.25, -0.2) is 9.97 Å². The normalized spacial score (nSPS) is 22.2. The molecule has 0 saturated heterocycles. The Balaban J connectivity index is 1.34. The Bertz CT molecular complexity index is 2140. The number of aromatic nitrogens is 2. The summed E-state index contributed by atoms with van der Waals surface area (Å²) in [5, 5.41) is 20.0. The number of fused-ring (bicyclic) bond motifs is 4. The first-order valence-corrected chi connectivity index (χ1v) is 17.1. The van der Waals surface area contributed by atoms with E-state index in [4.69, 9.17) is 28.3 Å². The minimum absolute atomic E-state index is 0.167. The average molecular weight is 690 g/mol. The van der Waals surface area contributed by atoms with Gasteiger partial charge in [0.1, 0.15) is 35.1 Å². The molecule has 8 rings (SSSR count). The summed E-state index contributed by atoms with van der Waals surface area (Å²) in [5.41, 5.74) is 3.53. The molecule has 3 aromatic carbocycles. The molecule has 3 aliphatic heterocycles. The van der Waals surface area contributed by atoms with Gasteiger partial charge < -0.3 is 39.4 Å². The number of anilines is 1. The number of nitrogens with zero attached hydrogens (tertiary/aromatic N) is 2. The number of aliphatic hydroxyl groups is 1. The first-order chi connectivity index (χ1) is 24.6. The molecule has 4 N–H and O–H groups in total. The Hall–Kier alpha value is -5.62. The van der Waals surface area contributed by atoms with Crippen LogP contribution in [-0.2, 0) is 21.4 Å². The van der Waals surface area contributed by atoms with Crippen molar-refractivity contribution in [2.45, 2.75) is 63.9 Å². The second-order valence-electron chi connectivity index (χ2n) is 14.0. The molecule has 12 nitrogen and oxygen atoms in total. The maximum Gasteiger partial charge on any atom is 0.249 e. The first-order valence-electron chi connectivity index (χ1n) is 17.1. The molecule has 12 heteroatoms. The number of hydrogen-bond donors (Lipinski definition) is 4. The fraction of sp³-hybridized carbons (Fsp3) is 0.333. The first kappa shape index (κ1) is 32.6. The number of methoxy groups -OCH3 is 1. The van der Waals surface area contributed by atoms with Gasteiger partial charge in [0.05, 0.1) is 13.3 Å². The van der Waals surface area contributed by atoms with Crippen molar-refractivity contribution in [3.8, 4) is 34.4 Å². The van der Waals surface area contributed by atoms with Gasteiger partial charge in [-0.2, -0.15) is 0 Å². The fourth-order valence-electron chi connectivity index (χ4n) is 7.28. The molecule has 0 fully saturated rings. The number of carbonyl (C=O) groups excluding carboxylic acids is 2. The molecule has 0 aliphatic carbocycles. The molecular formula is C39H39N5O7. The van der Waals surface area contributed by atoms with Gasteiger partial charge in [-0.3, -0.25) is 9.59 Å². The van der Waals surface area contributed by atoms with Crippen molar-refractivity contribution in [2.75, 3.05) is 12.4 Å². The maximum atomic E-state index is 14.1. The highest BCUT2D eigenvalue weighted by Crippen LogP contribution is 2.59. The van der Waals surface area contributed by atoms with E-state index in [2.05, 4.69) is 16.0 Å². The zero-order chi connectivity index (χ0) is 35.6. The van der Waals surface area contributed by atoms with Crippen LogP contribution in [-0.4, -0.2) is 52.4 Å². The predicted molar refractivity (Wildman–Crippen MR) is 187 cm³/mol. The number of amides is 2. The second-order valence-corrected chi connectivity index (χ2v) is 14.0. The van der Waals surface area contributed by atoms with E-state index in [1.807, 2.05) is 80.6 Å². The number of para-hydroxylation sites is 1. The Kier molecular flexibility index (Phi) is 7.86. The van der Waals surface area contributed by atoms with E-state index in [1.54, 1.807) is 27.2 Å². The van der Waals surface area contributed by atoms with Crippen LogP contribution < -0.4 is 25.4 Å². The molecule has 5 heterocycles. The number of rotatable bonds is 7. The molecule has 2 amide bonds. The molecule has 51 heavy (non-hydrogen) atoms. The summed E-state index contributed by atoms with van der Waals surface area (Å²) in [6, 6.07) is 19.5. The largest absolute Gasteiger partial charge is 0.497 e. The van der Waals surface area contributed by atoms with Crippen LogP contribution in [0.1, 0.15) is 62.1 Å². The monoisotopic (exact) mass is 689 g/mol. The predicted octanol–water partition coefficient (Wildman–Crippen LogP) is 5.35. The zero-order valence-electron chi connectivity index (χ0n) is 28.9. The minimum Gasteiger partial charge on any atom is -0.497 e. The van der Waals surface area contributed by atoms with Crippen LogP contribution in [0.2, 0.25) is 0 Å². The molecule has 1 spiro atoms. The third kappa shape index (κ3) is 5.24. The smallest absolute Gasteiger partial charge is 0.249 e. The Morgan fingerprint density at radius 2 is 1.80 bits per heavy atom. The van der Waals surface area contributed by atoms with Crippen LogP contribution >= 0.6 is 0 Å². The van der Waals surface area contributed by atoms with E-state index in [0.717, 1.165) is 33.7 Å². The number of hydrogen-bond acceptors (Lipinski definition) is 10. The van der Waals surface area contributed by atoms with Crippen LogP contribution in [0.5, 0.6) is 11.5 Å². The molecule has 3 aliphatic rings. The standard InChI is InChI=1S/C39H39N5O7/c1-19(2)30-37-44-31(36-40-18-29(49-36)22-11-13-23(48-5)14-12-22)33(51-37)39-24-8-6-7-9-26(24)42-38(39)50-28-15-10-21(16-25(28)39)17-27(34(46)43-30)41-35(47)32(45)20(3)4/h6-16,18-20,27,30,32,38,42,45H,17H2,1-5H3,(H,41,47)(H,43,46)/t27?,30-,32-,38?,39?/m0/s1. The van der Waals surface area contributed by atoms with Gasteiger partial charge in [0.25, 0.3) is 0 Å². The molecule has 262 valence electrons. The molecule has 5 atom stereocenters. The lowest BCUT2D eigenvalue weighted by molar-refractivity contribution is -0.135. The molecule has 2 aromatic heterocycles. The average Bonchev–Trinajstić information content (AvgIpc) is 3.91. The van der Waals surface area contributed by atoms with Crippen molar-refractivity contribution in [3.63, 3.8) is 0 Å². The van der Waals surface area contributed by atoms with Gasteiger partial charge in [-0.15, -0.1) is 0 Å². The fourth-order valence-corrected chi connectivity index (χ4v) is 7.28. The van der Waals surface area contributed by atoms with E-state index in [9.17, 15) is 14.7 Å². The highest BCUT2D eigenvalue weighted by Gasteiger charge is 2.61. The SMILES string of the molecule is COc1ccc(-c2cnc(-c3nc4oc3C35c6ccccc6NC3Oc3ccc(cc35)CC(NC(=O)[C@@H](O)C(C)C)C(=O)N[C@H]4C(C)C)o2)cc1. The van der Waals surface area contributed by atoms with Crippen molar-refractivity contribution in [1.29, 1.82) is 0 Å². The number of ether oxygens (including phenoxy) is 2. The molecule has 3 unspecified atom stereocenters. The number of oxazole rings is 2.